The lowest BCUT2D eigenvalue weighted by molar-refractivity contribution is 0.124. The first-order valence-electron chi connectivity index (χ1n) is 8.15. The molecule has 1 heterocycles. The Morgan fingerprint density at radius 1 is 1.20 bits per heavy atom. The third kappa shape index (κ3) is 6.43. The Balaban J connectivity index is 1.97. The van der Waals surface area contributed by atoms with Gasteiger partial charge in [-0.2, -0.15) is 0 Å². The first-order chi connectivity index (χ1) is 11.9. The van der Waals surface area contributed by atoms with Crippen molar-refractivity contribution >= 4 is 11.6 Å². The van der Waals surface area contributed by atoms with Crippen molar-refractivity contribution in [1.29, 1.82) is 0 Å². The molecule has 0 aliphatic rings. The number of nitrogens with two attached hydrogens (primary N) is 1. The summed E-state index contributed by atoms with van der Waals surface area (Å²) in [4.78, 5) is 8.65. The predicted octanol–water partition coefficient (Wildman–Crippen LogP) is 3.33. The Bertz CT molecular complexity index is 706. The number of nitrogens with one attached hydrogen (secondary N) is 1. The van der Waals surface area contributed by atoms with E-state index in [-0.39, 0.29) is 5.60 Å². The second-order valence-electron chi connectivity index (χ2n) is 6.64. The summed E-state index contributed by atoms with van der Waals surface area (Å²) in [6.45, 7) is 6.91. The van der Waals surface area contributed by atoms with Gasteiger partial charge in [0.05, 0.1) is 13.2 Å². The molecule has 0 fully saturated rings. The second-order valence-corrected chi connectivity index (χ2v) is 6.64. The van der Waals surface area contributed by atoms with Crippen LogP contribution in [0.25, 0.3) is 0 Å². The standard InChI is InChI=1S/C19H26N4O2/c1-19(2,3)25-17-10-9-14(11-21-17)12-22-18(20)23-16-8-6-5-7-15(16)13-24-4/h5-11H,12-13H2,1-4H3,(H3,20,22,23). The molecule has 1 aromatic heterocycles. The number of aromatic nitrogens is 1. The van der Waals surface area contributed by atoms with Crippen LogP contribution in [0.3, 0.4) is 0 Å². The largest absolute Gasteiger partial charge is 0.472 e. The fourth-order valence-electron chi connectivity index (χ4n) is 2.16. The molecule has 6 nitrogen and oxygen atoms in total. The molecule has 2 rings (SSSR count). The molecule has 2 aromatic rings. The molecule has 0 unspecified atom stereocenters. The van der Waals surface area contributed by atoms with Gasteiger partial charge < -0.3 is 20.5 Å². The Labute approximate surface area is 149 Å². The summed E-state index contributed by atoms with van der Waals surface area (Å²) < 4.78 is 10.9. The number of rotatable bonds is 6. The van der Waals surface area contributed by atoms with Crippen molar-refractivity contribution in [3.63, 3.8) is 0 Å². The predicted molar refractivity (Wildman–Crippen MR) is 101 cm³/mol. The van der Waals surface area contributed by atoms with Crippen LogP contribution in [0.4, 0.5) is 5.69 Å². The van der Waals surface area contributed by atoms with Crippen molar-refractivity contribution < 1.29 is 9.47 Å². The molecule has 25 heavy (non-hydrogen) atoms. The van der Waals surface area contributed by atoms with Crippen LogP contribution in [0.1, 0.15) is 31.9 Å². The van der Waals surface area contributed by atoms with E-state index in [2.05, 4.69) is 15.3 Å². The van der Waals surface area contributed by atoms with E-state index in [9.17, 15) is 0 Å². The van der Waals surface area contributed by atoms with Gasteiger partial charge >= 0.3 is 0 Å². The third-order valence-corrected chi connectivity index (χ3v) is 3.22. The van der Waals surface area contributed by atoms with Gasteiger partial charge in [0.1, 0.15) is 5.60 Å². The first kappa shape index (κ1) is 18.7. The lowest BCUT2D eigenvalue weighted by Crippen LogP contribution is -2.23. The summed E-state index contributed by atoms with van der Waals surface area (Å²) in [5.74, 6) is 0.943. The van der Waals surface area contributed by atoms with Crippen LogP contribution in [-0.4, -0.2) is 23.7 Å². The molecular weight excluding hydrogens is 316 g/mol. The molecule has 0 bridgehead atoms. The average Bonchev–Trinajstić information content (AvgIpc) is 2.55. The summed E-state index contributed by atoms with van der Waals surface area (Å²) in [7, 11) is 1.66. The van der Waals surface area contributed by atoms with Crippen LogP contribution >= 0.6 is 0 Å². The molecule has 0 spiro atoms. The Kier molecular flexibility index (Phi) is 6.36. The van der Waals surface area contributed by atoms with Gasteiger partial charge in [-0.05, 0) is 32.4 Å². The monoisotopic (exact) mass is 342 g/mol. The van der Waals surface area contributed by atoms with Gasteiger partial charge in [0.25, 0.3) is 0 Å². The van der Waals surface area contributed by atoms with E-state index in [0.717, 1.165) is 16.8 Å². The smallest absolute Gasteiger partial charge is 0.213 e. The maximum Gasteiger partial charge on any atom is 0.213 e. The quantitative estimate of drug-likeness (QED) is 0.621. The summed E-state index contributed by atoms with van der Waals surface area (Å²) in [5, 5.41) is 3.11. The molecule has 0 aliphatic carbocycles. The van der Waals surface area contributed by atoms with Crippen molar-refractivity contribution in [3.05, 3.63) is 53.7 Å². The number of nitrogens with zero attached hydrogens (tertiary/aromatic N) is 2. The maximum absolute atomic E-state index is 5.98. The number of pyridine rings is 1. The van der Waals surface area contributed by atoms with Crippen LogP contribution in [0.15, 0.2) is 47.6 Å². The van der Waals surface area contributed by atoms with E-state index in [4.69, 9.17) is 15.2 Å². The Morgan fingerprint density at radius 3 is 2.60 bits per heavy atom. The highest BCUT2D eigenvalue weighted by molar-refractivity contribution is 5.92. The van der Waals surface area contributed by atoms with Crippen molar-refractivity contribution in [1.82, 2.24) is 4.98 Å². The van der Waals surface area contributed by atoms with Crippen molar-refractivity contribution in [2.75, 3.05) is 12.4 Å². The summed E-state index contributed by atoms with van der Waals surface area (Å²) in [6, 6.07) is 11.6. The summed E-state index contributed by atoms with van der Waals surface area (Å²) >= 11 is 0. The summed E-state index contributed by atoms with van der Waals surface area (Å²) in [6.07, 6.45) is 1.75. The number of hydrogen-bond donors (Lipinski definition) is 2. The minimum absolute atomic E-state index is 0.267. The Morgan fingerprint density at radius 2 is 1.96 bits per heavy atom. The number of methoxy groups -OCH3 is 1. The molecule has 0 radical (unpaired) electrons. The second kappa shape index (κ2) is 8.48. The van der Waals surface area contributed by atoms with Gasteiger partial charge in [-0.25, -0.2) is 9.98 Å². The van der Waals surface area contributed by atoms with Gasteiger partial charge in [-0.3, -0.25) is 0 Å². The minimum atomic E-state index is -0.267. The molecule has 134 valence electrons. The van der Waals surface area contributed by atoms with Gasteiger partial charge in [-0.1, -0.05) is 24.3 Å². The van der Waals surface area contributed by atoms with Gasteiger partial charge in [0, 0.05) is 30.6 Å². The first-order valence-corrected chi connectivity index (χ1v) is 8.15. The zero-order valence-corrected chi connectivity index (χ0v) is 15.2. The van der Waals surface area contributed by atoms with Crippen molar-refractivity contribution in [2.24, 2.45) is 10.7 Å². The van der Waals surface area contributed by atoms with Crippen LogP contribution in [0.5, 0.6) is 5.88 Å². The van der Waals surface area contributed by atoms with E-state index in [1.54, 1.807) is 13.3 Å². The molecule has 0 amide bonds. The molecule has 6 heteroatoms. The molecular formula is C19H26N4O2. The highest BCUT2D eigenvalue weighted by Gasteiger charge is 2.12. The number of hydrogen-bond acceptors (Lipinski definition) is 4. The van der Waals surface area contributed by atoms with Crippen molar-refractivity contribution in [3.8, 4) is 5.88 Å². The molecule has 0 atom stereocenters. The van der Waals surface area contributed by atoms with Gasteiger partial charge in [0.15, 0.2) is 5.96 Å². The molecule has 3 N–H and O–H groups in total. The average molecular weight is 342 g/mol. The third-order valence-electron chi connectivity index (χ3n) is 3.22. The minimum Gasteiger partial charge on any atom is -0.472 e. The van der Waals surface area contributed by atoms with Crippen LogP contribution in [0, 0.1) is 0 Å². The fraction of sp³-hybridized carbons (Fsp3) is 0.368. The fourth-order valence-corrected chi connectivity index (χ4v) is 2.16. The zero-order valence-electron chi connectivity index (χ0n) is 15.2. The number of anilines is 1. The summed E-state index contributed by atoms with van der Waals surface area (Å²) in [5.41, 5.74) is 8.58. The molecule has 0 aliphatic heterocycles. The zero-order chi connectivity index (χ0) is 18.3. The normalized spacial score (nSPS) is 12.1. The van der Waals surface area contributed by atoms with Crippen LogP contribution < -0.4 is 15.8 Å². The molecule has 0 saturated carbocycles. The number of para-hydroxylation sites is 1. The number of ether oxygens (including phenoxy) is 2. The van der Waals surface area contributed by atoms with Gasteiger partial charge in [-0.15, -0.1) is 0 Å². The lowest BCUT2D eigenvalue weighted by atomic mass is 10.2. The van der Waals surface area contributed by atoms with E-state index in [0.29, 0.717) is 25.0 Å². The van der Waals surface area contributed by atoms with E-state index >= 15 is 0 Å². The number of guanidine groups is 1. The van der Waals surface area contributed by atoms with Crippen molar-refractivity contribution in [2.45, 2.75) is 39.5 Å². The highest BCUT2D eigenvalue weighted by Crippen LogP contribution is 2.17. The lowest BCUT2D eigenvalue weighted by Gasteiger charge is -2.20. The van der Waals surface area contributed by atoms with E-state index < -0.39 is 0 Å². The Hall–Kier alpha value is -2.60. The van der Waals surface area contributed by atoms with Gasteiger partial charge in [0.2, 0.25) is 5.88 Å². The molecule has 1 aromatic carbocycles. The SMILES string of the molecule is COCc1ccccc1NC(N)=NCc1ccc(OC(C)(C)C)nc1. The topological polar surface area (TPSA) is 81.8 Å². The van der Waals surface area contributed by atoms with Crippen LogP contribution in [0.2, 0.25) is 0 Å². The van der Waals surface area contributed by atoms with E-state index in [1.807, 2.05) is 57.2 Å². The maximum atomic E-state index is 5.98. The number of benzene rings is 1. The number of aliphatic imine (C=N–C) groups is 1. The van der Waals surface area contributed by atoms with E-state index in [1.165, 1.54) is 0 Å². The highest BCUT2D eigenvalue weighted by atomic mass is 16.5. The van der Waals surface area contributed by atoms with Crippen LogP contribution in [-0.2, 0) is 17.9 Å². The molecule has 0 saturated heterocycles.